The Morgan fingerprint density at radius 3 is 2.67 bits per heavy atom. The van der Waals surface area contributed by atoms with Crippen molar-refractivity contribution in [1.82, 2.24) is 0 Å². The van der Waals surface area contributed by atoms with E-state index in [0.717, 1.165) is 0 Å². The second-order valence-corrected chi connectivity index (χ2v) is 5.24. The zero-order valence-corrected chi connectivity index (χ0v) is 12.6. The van der Waals surface area contributed by atoms with Crippen molar-refractivity contribution < 1.29 is 14.1 Å². The normalized spacial score (nSPS) is 10.2. The number of carbonyl (C=O) groups is 1. The number of anilines is 2. The minimum atomic E-state index is -0.708. The summed E-state index contributed by atoms with van der Waals surface area (Å²) < 4.78 is 13.5. The van der Waals surface area contributed by atoms with Gasteiger partial charge >= 0.3 is 5.69 Å². The highest BCUT2D eigenvalue weighted by molar-refractivity contribution is 14.1. The van der Waals surface area contributed by atoms with Crippen LogP contribution in [0.15, 0.2) is 36.4 Å². The molecule has 6 nitrogen and oxygen atoms in total. The molecule has 1 amide bonds. The Morgan fingerprint density at radius 1 is 1.33 bits per heavy atom. The number of halogens is 2. The summed E-state index contributed by atoms with van der Waals surface area (Å²) in [5.41, 5.74) is 5.19. The number of nitrogens with one attached hydrogen (secondary N) is 1. The summed E-state index contributed by atoms with van der Waals surface area (Å²) in [6.07, 6.45) is 0. The molecule has 0 bridgehead atoms. The zero-order valence-electron chi connectivity index (χ0n) is 10.5. The van der Waals surface area contributed by atoms with Crippen molar-refractivity contribution in [3.05, 3.63) is 61.5 Å². The van der Waals surface area contributed by atoms with E-state index >= 15 is 0 Å². The number of nitro benzene ring substituents is 1. The van der Waals surface area contributed by atoms with E-state index in [0.29, 0.717) is 9.26 Å². The van der Waals surface area contributed by atoms with Crippen LogP contribution in [0.1, 0.15) is 10.4 Å². The Bertz CT molecular complexity index is 737. The molecule has 2 rings (SSSR count). The number of carbonyl (C=O) groups excluding carboxylic acids is 1. The first-order valence-corrected chi connectivity index (χ1v) is 6.77. The topological polar surface area (TPSA) is 98.3 Å². The smallest absolute Gasteiger partial charge is 0.304 e. The third kappa shape index (κ3) is 3.27. The molecule has 0 aromatic heterocycles. The van der Waals surface area contributed by atoms with Crippen LogP contribution in [0.3, 0.4) is 0 Å². The predicted octanol–water partition coefficient (Wildman–Crippen LogP) is 3.17. The number of nitrogen functional groups attached to an aromatic ring is 1. The van der Waals surface area contributed by atoms with Gasteiger partial charge in [0.2, 0.25) is 0 Å². The first kappa shape index (κ1) is 15.2. The second kappa shape index (κ2) is 6.04. The summed E-state index contributed by atoms with van der Waals surface area (Å²) in [5, 5.41) is 13.5. The van der Waals surface area contributed by atoms with Gasteiger partial charge in [-0.2, -0.15) is 0 Å². The molecule has 8 heteroatoms. The Balaban J connectivity index is 2.37. The van der Waals surface area contributed by atoms with Gasteiger partial charge in [0.25, 0.3) is 5.91 Å². The summed E-state index contributed by atoms with van der Waals surface area (Å²) in [5.74, 6) is -1.12. The van der Waals surface area contributed by atoms with Gasteiger partial charge < -0.3 is 11.1 Å². The summed E-state index contributed by atoms with van der Waals surface area (Å²) in [6, 6.07) is 7.91. The highest BCUT2D eigenvalue weighted by atomic mass is 127. The molecule has 2 aromatic carbocycles. The molecule has 3 N–H and O–H groups in total. The molecule has 0 saturated heterocycles. The number of amides is 1. The number of hydrogen-bond acceptors (Lipinski definition) is 4. The molecular weight excluding hydrogens is 392 g/mol. The fourth-order valence-corrected chi connectivity index (χ4v) is 2.34. The Morgan fingerprint density at radius 2 is 2.05 bits per heavy atom. The molecule has 108 valence electrons. The van der Waals surface area contributed by atoms with E-state index in [1.165, 1.54) is 36.4 Å². The number of nitro groups is 1. The molecule has 0 aliphatic carbocycles. The molecule has 0 aliphatic rings. The Labute approximate surface area is 132 Å². The molecule has 0 atom stereocenters. The number of rotatable bonds is 3. The molecule has 2 aromatic rings. The molecule has 0 unspecified atom stereocenters. The van der Waals surface area contributed by atoms with E-state index in [4.69, 9.17) is 5.73 Å². The Kier molecular flexibility index (Phi) is 4.36. The van der Waals surface area contributed by atoms with Crippen LogP contribution < -0.4 is 11.1 Å². The van der Waals surface area contributed by atoms with Gasteiger partial charge in [-0.1, -0.05) is 6.07 Å². The average Bonchev–Trinajstić information content (AvgIpc) is 2.41. The molecular formula is C13H9FIN3O3. The van der Waals surface area contributed by atoms with Crippen LogP contribution in [0.4, 0.5) is 21.5 Å². The maximum atomic E-state index is 13.0. The summed E-state index contributed by atoms with van der Waals surface area (Å²) in [6.45, 7) is 0. The number of hydrogen-bond donors (Lipinski definition) is 2. The number of nitrogens with two attached hydrogens (primary N) is 1. The van der Waals surface area contributed by atoms with Gasteiger partial charge in [0, 0.05) is 3.57 Å². The lowest BCUT2D eigenvalue weighted by molar-refractivity contribution is -0.384. The number of nitrogens with zero attached hydrogens (tertiary/aromatic N) is 1. The first-order chi connectivity index (χ1) is 9.90. The molecule has 0 aliphatic heterocycles. The molecule has 21 heavy (non-hydrogen) atoms. The van der Waals surface area contributed by atoms with Crippen molar-refractivity contribution in [1.29, 1.82) is 0 Å². The minimum Gasteiger partial charge on any atom is -0.393 e. The zero-order chi connectivity index (χ0) is 15.6. The van der Waals surface area contributed by atoms with Gasteiger partial charge in [-0.05, 0) is 52.9 Å². The van der Waals surface area contributed by atoms with Crippen LogP contribution in [0, 0.1) is 19.5 Å². The van der Waals surface area contributed by atoms with Gasteiger partial charge in [-0.25, -0.2) is 4.39 Å². The lowest BCUT2D eigenvalue weighted by Crippen LogP contribution is -2.15. The van der Waals surface area contributed by atoms with Crippen molar-refractivity contribution in [2.45, 2.75) is 0 Å². The van der Waals surface area contributed by atoms with Crippen molar-refractivity contribution in [3.63, 3.8) is 0 Å². The fraction of sp³-hybridized carbons (Fsp3) is 0. The van der Waals surface area contributed by atoms with Crippen LogP contribution in [0.5, 0.6) is 0 Å². The standard InChI is InChI=1S/C13H9FIN3O3/c14-7-4-5-11(9(15)6-7)17-13(19)8-2-1-3-10(16)12(8)18(20)21/h1-6H,16H2,(H,17,19). The SMILES string of the molecule is Nc1cccc(C(=O)Nc2ccc(F)cc2I)c1[N+](=O)[O-]. The van der Waals surface area contributed by atoms with E-state index < -0.39 is 22.3 Å². The predicted molar refractivity (Wildman–Crippen MR) is 84.6 cm³/mol. The quantitative estimate of drug-likeness (QED) is 0.357. The molecule has 0 heterocycles. The van der Waals surface area contributed by atoms with Gasteiger partial charge in [0.15, 0.2) is 0 Å². The second-order valence-electron chi connectivity index (χ2n) is 4.08. The van der Waals surface area contributed by atoms with Gasteiger partial charge in [-0.3, -0.25) is 14.9 Å². The Hall–Kier alpha value is -2.23. The van der Waals surface area contributed by atoms with Crippen LogP contribution in [0.25, 0.3) is 0 Å². The van der Waals surface area contributed by atoms with E-state index in [1.54, 1.807) is 0 Å². The van der Waals surface area contributed by atoms with Crippen LogP contribution in [0.2, 0.25) is 0 Å². The summed E-state index contributed by atoms with van der Waals surface area (Å²) in [7, 11) is 0. The highest BCUT2D eigenvalue weighted by Gasteiger charge is 2.23. The average molecular weight is 401 g/mol. The van der Waals surface area contributed by atoms with Crippen LogP contribution in [-0.2, 0) is 0 Å². The largest absolute Gasteiger partial charge is 0.393 e. The van der Waals surface area contributed by atoms with Crippen molar-refractivity contribution in [2.75, 3.05) is 11.1 Å². The maximum absolute atomic E-state index is 13.0. The van der Waals surface area contributed by atoms with Crippen LogP contribution in [-0.4, -0.2) is 10.8 Å². The minimum absolute atomic E-state index is 0.0959. The fourth-order valence-electron chi connectivity index (χ4n) is 1.73. The molecule has 0 saturated carbocycles. The van der Waals surface area contributed by atoms with Gasteiger partial charge in [0.1, 0.15) is 17.1 Å². The van der Waals surface area contributed by atoms with E-state index in [9.17, 15) is 19.3 Å². The lowest BCUT2D eigenvalue weighted by atomic mass is 10.1. The van der Waals surface area contributed by atoms with Crippen molar-refractivity contribution in [2.24, 2.45) is 0 Å². The lowest BCUT2D eigenvalue weighted by Gasteiger charge is -2.08. The van der Waals surface area contributed by atoms with Crippen molar-refractivity contribution >= 4 is 45.6 Å². The van der Waals surface area contributed by atoms with Gasteiger partial charge in [-0.15, -0.1) is 0 Å². The highest BCUT2D eigenvalue weighted by Crippen LogP contribution is 2.27. The third-order valence-corrected chi connectivity index (χ3v) is 3.57. The molecule has 0 spiro atoms. The maximum Gasteiger partial charge on any atom is 0.304 e. The van der Waals surface area contributed by atoms with E-state index in [-0.39, 0.29) is 11.3 Å². The summed E-state index contributed by atoms with van der Waals surface area (Å²) in [4.78, 5) is 22.5. The first-order valence-electron chi connectivity index (χ1n) is 5.69. The number of benzene rings is 2. The number of para-hydroxylation sites is 1. The summed E-state index contributed by atoms with van der Waals surface area (Å²) >= 11 is 1.85. The third-order valence-electron chi connectivity index (χ3n) is 2.67. The van der Waals surface area contributed by atoms with Crippen molar-refractivity contribution in [3.8, 4) is 0 Å². The van der Waals surface area contributed by atoms with Crippen LogP contribution >= 0.6 is 22.6 Å². The van der Waals surface area contributed by atoms with E-state index in [2.05, 4.69) is 5.32 Å². The molecule has 0 fully saturated rings. The molecule has 0 radical (unpaired) electrons. The van der Waals surface area contributed by atoms with E-state index in [1.807, 2.05) is 22.6 Å². The monoisotopic (exact) mass is 401 g/mol. The van der Waals surface area contributed by atoms with Gasteiger partial charge in [0.05, 0.1) is 10.6 Å².